The van der Waals surface area contributed by atoms with E-state index in [0.29, 0.717) is 16.6 Å². The Hall–Kier alpha value is -3.34. The molecule has 0 atom stereocenters. The molecular formula is C22H20F3N3O4S. The van der Waals surface area contributed by atoms with Gasteiger partial charge in [-0.2, -0.15) is 13.2 Å². The molecular weight excluding hydrogens is 459 g/mol. The number of rotatable bonds is 6. The molecule has 33 heavy (non-hydrogen) atoms. The highest BCUT2D eigenvalue weighted by Crippen LogP contribution is 2.29. The fourth-order valence-electron chi connectivity index (χ4n) is 3.81. The zero-order valence-electron chi connectivity index (χ0n) is 17.8. The molecule has 4 rings (SSSR count). The molecule has 0 bridgehead atoms. The maximum Gasteiger partial charge on any atom is 0.490 e. The van der Waals surface area contributed by atoms with E-state index in [-0.39, 0.29) is 6.54 Å². The van der Waals surface area contributed by atoms with Crippen molar-refractivity contribution >= 4 is 38.4 Å². The topological polar surface area (TPSA) is 86.1 Å². The normalized spacial score (nSPS) is 12.0. The van der Waals surface area contributed by atoms with Crippen molar-refractivity contribution in [3.05, 3.63) is 67.3 Å². The van der Waals surface area contributed by atoms with E-state index in [1.165, 1.54) is 15.9 Å². The molecule has 3 heterocycles. The summed E-state index contributed by atoms with van der Waals surface area (Å²) in [5.74, 6) is -2.36. The van der Waals surface area contributed by atoms with Gasteiger partial charge in [0, 0.05) is 16.6 Å². The first kappa shape index (κ1) is 22.8. The monoisotopic (exact) mass is 479 g/mol. The standard InChI is InChI=1S/C22H20F3N3O4S/c1-3-16-12(2)17-18(29)27(8-9-32-20(30)22(23,24)25)21(31)28(19(17)33-16)11-13-4-5-15-14(10-13)6-7-26-15/h4-7,10,26H,3,8-9,11H2,1-2H3. The number of aryl methyl sites for hydroxylation is 2. The van der Waals surface area contributed by atoms with Crippen molar-refractivity contribution in [2.75, 3.05) is 6.61 Å². The molecule has 4 aromatic rings. The lowest BCUT2D eigenvalue weighted by atomic mass is 10.1. The SMILES string of the molecule is CCc1sc2c(c1C)c(=O)n(CCOC(=O)C(F)(F)F)c(=O)n2Cc1ccc2[nH]ccc2c1. The smallest absolute Gasteiger partial charge is 0.457 e. The fraction of sp³-hybridized carbons (Fsp3) is 0.318. The van der Waals surface area contributed by atoms with Gasteiger partial charge in [-0.25, -0.2) is 9.59 Å². The summed E-state index contributed by atoms with van der Waals surface area (Å²) in [7, 11) is 0. The maximum atomic E-state index is 13.3. The summed E-state index contributed by atoms with van der Waals surface area (Å²) in [6.07, 6.45) is -2.68. The van der Waals surface area contributed by atoms with E-state index in [4.69, 9.17) is 0 Å². The molecule has 11 heteroatoms. The third-order valence-electron chi connectivity index (χ3n) is 5.45. The molecule has 1 aromatic carbocycles. The van der Waals surface area contributed by atoms with Gasteiger partial charge in [0.05, 0.1) is 18.5 Å². The van der Waals surface area contributed by atoms with Crippen LogP contribution in [0.5, 0.6) is 0 Å². The van der Waals surface area contributed by atoms with Gasteiger partial charge < -0.3 is 9.72 Å². The number of halogens is 3. The van der Waals surface area contributed by atoms with Crippen LogP contribution in [-0.4, -0.2) is 32.9 Å². The van der Waals surface area contributed by atoms with Crippen molar-refractivity contribution < 1.29 is 22.7 Å². The predicted octanol–water partition coefficient (Wildman–Crippen LogP) is 3.73. The van der Waals surface area contributed by atoms with E-state index in [1.54, 1.807) is 13.1 Å². The first-order valence-corrected chi connectivity index (χ1v) is 11.0. The number of benzene rings is 1. The van der Waals surface area contributed by atoms with Crippen LogP contribution in [0.4, 0.5) is 13.2 Å². The van der Waals surface area contributed by atoms with Crippen LogP contribution in [0, 0.1) is 6.92 Å². The van der Waals surface area contributed by atoms with Crippen LogP contribution in [0.25, 0.3) is 21.1 Å². The van der Waals surface area contributed by atoms with Gasteiger partial charge in [-0.15, -0.1) is 11.3 Å². The summed E-state index contributed by atoms with van der Waals surface area (Å²) in [6, 6.07) is 7.57. The first-order chi connectivity index (χ1) is 15.6. The summed E-state index contributed by atoms with van der Waals surface area (Å²) in [5, 5.41) is 1.31. The Balaban J connectivity index is 1.79. The number of fused-ring (bicyclic) bond motifs is 2. The van der Waals surface area contributed by atoms with E-state index < -0.39 is 36.5 Å². The second-order valence-corrected chi connectivity index (χ2v) is 8.63. The Kier molecular flexibility index (Phi) is 5.91. The van der Waals surface area contributed by atoms with Crippen molar-refractivity contribution in [1.82, 2.24) is 14.1 Å². The minimum Gasteiger partial charge on any atom is -0.457 e. The molecule has 7 nitrogen and oxygen atoms in total. The third kappa shape index (κ3) is 4.20. The van der Waals surface area contributed by atoms with Crippen molar-refractivity contribution in [1.29, 1.82) is 0 Å². The van der Waals surface area contributed by atoms with E-state index in [0.717, 1.165) is 31.5 Å². The van der Waals surface area contributed by atoms with Gasteiger partial charge in [-0.1, -0.05) is 13.0 Å². The van der Waals surface area contributed by atoms with Gasteiger partial charge in [0.2, 0.25) is 0 Å². The fourth-order valence-corrected chi connectivity index (χ4v) is 5.04. The highest BCUT2D eigenvalue weighted by molar-refractivity contribution is 7.18. The molecule has 0 saturated heterocycles. The summed E-state index contributed by atoms with van der Waals surface area (Å²) in [4.78, 5) is 41.9. The summed E-state index contributed by atoms with van der Waals surface area (Å²) in [6.45, 7) is 2.66. The highest BCUT2D eigenvalue weighted by Gasteiger charge is 2.40. The number of carbonyl (C=O) groups excluding carboxylic acids is 1. The Morgan fingerprint density at radius 1 is 1.18 bits per heavy atom. The van der Waals surface area contributed by atoms with E-state index in [1.807, 2.05) is 31.2 Å². The Labute approximate surface area is 189 Å². The summed E-state index contributed by atoms with van der Waals surface area (Å²) < 4.78 is 43.8. The average Bonchev–Trinajstić information content (AvgIpc) is 3.36. The number of thiophene rings is 1. The van der Waals surface area contributed by atoms with Crippen molar-refractivity contribution in [2.45, 2.75) is 39.5 Å². The number of H-pyrrole nitrogens is 1. The average molecular weight is 479 g/mol. The van der Waals surface area contributed by atoms with Gasteiger partial charge in [0.15, 0.2) is 0 Å². The van der Waals surface area contributed by atoms with Crippen molar-refractivity contribution in [3.63, 3.8) is 0 Å². The van der Waals surface area contributed by atoms with Crippen LogP contribution >= 0.6 is 11.3 Å². The molecule has 0 spiro atoms. The number of esters is 1. The Morgan fingerprint density at radius 2 is 1.94 bits per heavy atom. The minimum atomic E-state index is -5.15. The lowest BCUT2D eigenvalue weighted by Gasteiger charge is -2.13. The number of nitrogens with one attached hydrogen (secondary N) is 1. The highest BCUT2D eigenvalue weighted by atomic mass is 32.1. The number of alkyl halides is 3. The summed E-state index contributed by atoms with van der Waals surface area (Å²) in [5.41, 5.74) is 1.21. The van der Waals surface area contributed by atoms with Gasteiger partial charge in [0.25, 0.3) is 5.56 Å². The molecule has 174 valence electrons. The quantitative estimate of drug-likeness (QED) is 0.427. The molecule has 1 N–H and O–H groups in total. The van der Waals surface area contributed by atoms with E-state index in [9.17, 15) is 27.6 Å². The molecule has 0 aliphatic rings. The molecule has 0 saturated carbocycles. The number of aromatic nitrogens is 3. The molecule has 0 amide bonds. The van der Waals surface area contributed by atoms with Crippen LogP contribution in [0.15, 0.2) is 40.1 Å². The van der Waals surface area contributed by atoms with Crippen LogP contribution in [0.1, 0.15) is 22.9 Å². The van der Waals surface area contributed by atoms with E-state index >= 15 is 0 Å². The second-order valence-electron chi connectivity index (χ2n) is 7.54. The van der Waals surface area contributed by atoms with Gasteiger partial charge in [0.1, 0.15) is 11.4 Å². The maximum absolute atomic E-state index is 13.3. The van der Waals surface area contributed by atoms with Crippen LogP contribution in [0.3, 0.4) is 0 Å². The van der Waals surface area contributed by atoms with Crippen molar-refractivity contribution in [3.8, 4) is 0 Å². The molecule has 0 unspecified atom stereocenters. The van der Waals surface area contributed by atoms with Crippen LogP contribution in [0.2, 0.25) is 0 Å². The number of carbonyl (C=O) groups is 1. The number of ether oxygens (including phenoxy) is 1. The number of hydrogen-bond acceptors (Lipinski definition) is 5. The van der Waals surface area contributed by atoms with Gasteiger partial charge in [-0.05, 0) is 48.1 Å². The Bertz CT molecular complexity index is 1480. The summed E-state index contributed by atoms with van der Waals surface area (Å²) >= 11 is 1.35. The van der Waals surface area contributed by atoms with E-state index in [2.05, 4.69) is 9.72 Å². The van der Waals surface area contributed by atoms with Crippen molar-refractivity contribution in [2.24, 2.45) is 0 Å². The minimum absolute atomic E-state index is 0.169. The van der Waals surface area contributed by atoms with Crippen LogP contribution < -0.4 is 11.2 Å². The molecule has 0 aliphatic heterocycles. The number of aromatic amines is 1. The number of nitrogens with zero attached hydrogens (tertiary/aromatic N) is 2. The first-order valence-electron chi connectivity index (χ1n) is 10.2. The van der Waals surface area contributed by atoms with Crippen LogP contribution in [-0.2, 0) is 29.0 Å². The lowest BCUT2D eigenvalue weighted by molar-refractivity contribution is -0.199. The second kappa shape index (κ2) is 8.54. The third-order valence-corrected chi connectivity index (χ3v) is 6.91. The predicted molar refractivity (Wildman–Crippen MR) is 119 cm³/mol. The molecule has 0 fully saturated rings. The molecule has 0 radical (unpaired) electrons. The largest absolute Gasteiger partial charge is 0.490 e. The van der Waals surface area contributed by atoms with Gasteiger partial charge in [-0.3, -0.25) is 13.9 Å². The number of hydrogen-bond donors (Lipinski definition) is 1. The lowest BCUT2D eigenvalue weighted by Crippen LogP contribution is -2.41. The Morgan fingerprint density at radius 3 is 2.64 bits per heavy atom. The molecule has 3 aromatic heterocycles. The molecule has 0 aliphatic carbocycles. The zero-order chi connectivity index (χ0) is 23.9. The van der Waals surface area contributed by atoms with Gasteiger partial charge >= 0.3 is 17.8 Å². The zero-order valence-corrected chi connectivity index (χ0v) is 18.6.